The Balaban J connectivity index is 1.76. The van der Waals surface area contributed by atoms with E-state index >= 15 is 4.39 Å². The molecule has 180 valence electrons. The lowest BCUT2D eigenvalue weighted by atomic mass is 10.1. The number of nitrogens with one attached hydrogen (secondary N) is 1. The molecule has 1 amide bonds. The van der Waals surface area contributed by atoms with Gasteiger partial charge in [-0.1, -0.05) is 18.2 Å². The molecule has 0 spiro atoms. The minimum absolute atomic E-state index is 0.0357. The topological polar surface area (TPSA) is 81.4 Å². The van der Waals surface area contributed by atoms with Crippen molar-refractivity contribution in [1.82, 2.24) is 19.2 Å². The van der Waals surface area contributed by atoms with E-state index in [1.807, 2.05) is 51.0 Å². The van der Waals surface area contributed by atoms with Crippen LogP contribution >= 0.6 is 0 Å². The first-order chi connectivity index (χ1) is 16.2. The zero-order valence-electron chi connectivity index (χ0n) is 20.0. The number of nitrogens with zero attached hydrogens (tertiary/aromatic N) is 4. The second-order valence-electron chi connectivity index (χ2n) is 8.98. The first-order valence-corrected chi connectivity index (χ1v) is 11.5. The van der Waals surface area contributed by atoms with Crippen LogP contribution in [-0.2, 0) is 13.0 Å². The molecule has 1 atom stereocenters. The molecule has 2 aromatic carbocycles. The van der Waals surface area contributed by atoms with Crippen molar-refractivity contribution < 1.29 is 13.9 Å². The smallest absolute Gasteiger partial charge is 0.350 e. The number of carbonyl (C=O) groups excluding carboxylic acids is 1. The summed E-state index contributed by atoms with van der Waals surface area (Å²) in [5.41, 5.74) is 1.13. The number of likely N-dealkylation sites (N-methyl/N-ethyl adjacent to an activating group) is 1. The minimum Gasteiger partial charge on any atom is -0.488 e. The highest BCUT2D eigenvalue weighted by Crippen LogP contribution is 2.28. The third-order valence-corrected chi connectivity index (χ3v) is 5.84. The van der Waals surface area contributed by atoms with E-state index in [9.17, 15) is 9.59 Å². The second kappa shape index (κ2) is 9.80. The van der Waals surface area contributed by atoms with Crippen LogP contribution in [0, 0.1) is 12.7 Å². The summed E-state index contributed by atoms with van der Waals surface area (Å²) in [7, 11) is 3.83. The highest BCUT2D eigenvalue weighted by molar-refractivity contribution is 6.06. The molecule has 1 N–H and O–H groups in total. The molecule has 1 aliphatic rings. The lowest BCUT2D eigenvalue weighted by molar-refractivity contribution is 0.101. The number of anilines is 1. The van der Waals surface area contributed by atoms with Gasteiger partial charge >= 0.3 is 5.69 Å². The summed E-state index contributed by atoms with van der Waals surface area (Å²) in [6.07, 6.45) is 2.21. The number of benzene rings is 2. The summed E-state index contributed by atoms with van der Waals surface area (Å²) < 4.78 is 24.1. The van der Waals surface area contributed by atoms with Crippen molar-refractivity contribution in [2.75, 3.05) is 26.0 Å². The van der Waals surface area contributed by atoms with Gasteiger partial charge in [0, 0.05) is 31.3 Å². The van der Waals surface area contributed by atoms with Crippen molar-refractivity contribution in [3.8, 4) is 11.4 Å². The van der Waals surface area contributed by atoms with Crippen LogP contribution in [0.3, 0.4) is 0 Å². The first-order valence-electron chi connectivity index (χ1n) is 11.5. The molecule has 8 nitrogen and oxygen atoms in total. The molecule has 1 aliphatic heterocycles. The van der Waals surface area contributed by atoms with E-state index in [4.69, 9.17) is 4.74 Å². The van der Waals surface area contributed by atoms with Crippen LogP contribution in [0.2, 0.25) is 0 Å². The number of aromatic nitrogens is 3. The van der Waals surface area contributed by atoms with Crippen LogP contribution in [0.5, 0.6) is 5.75 Å². The van der Waals surface area contributed by atoms with Crippen molar-refractivity contribution in [3.05, 3.63) is 69.7 Å². The van der Waals surface area contributed by atoms with Gasteiger partial charge < -0.3 is 15.0 Å². The van der Waals surface area contributed by atoms with E-state index in [2.05, 4.69) is 10.4 Å². The number of para-hydroxylation sites is 1. The van der Waals surface area contributed by atoms with Crippen molar-refractivity contribution in [3.63, 3.8) is 0 Å². The summed E-state index contributed by atoms with van der Waals surface area (Å²) in [6, 6.07) is 9.86. The average molecular weight is 468 g/mol. The number of halogens is 1. The standard InChI is InChI=1S/C25H30FN5O3/c1-16-9-5-6-10-20(16)27-24(32)18-13-19(26)21(14-22(18)34-17(2)15-29(3)4)31-25(33)30-12-8-7-11-23(30)28-31/h5-6,9-10,13-14,17H,7-8,11-12,15H2,1-4H3,(H,27,32). The van der Waals surface area contributed by atoms with Crippen molar-refractivity contribution in [1.29, 1.82) is 0 Å². The highest BCUT2D eigenvalue weighted by atomic mass is 19.1. The molecule has 0 fully saturated rings. The Kier molecular flexibility index (Phi) is 6.83. The summed E-state index contributed by atoms with van der Waals surface area (Å²) >= 11 is 0. The Labute approximate surface area is 198 Å². The summed E-state index contributed by atoms with van der Waals surface area (Å²) in [4.78, 5) is 28.0. The van der Waals surface area contributed by atoms with E-state index in [0.717, 1.165) is 29.2 Å². The lowest BCUT2D eigenvalue weighted by Gasteiger charge is -2.21. The fourth-order valence-electron chi connectivity index (χ4n) is 4.21. The van der Waals surface area contributed by atoms with Crippen LogP contribution in [0.15, 0.2) is 41.2 Å². The van der Waals surface area contributed by atoms with Gasteiger partial charge in [0.15, 0.2) is 0 Å². The summed E-state index contributed by atoms with van der Waals surface area (Å²) in [5.74, 6) is -0.390. The molecule has 34 heavy (non-hydrogen) atoms. The van der Waals surface area contributed by atoms with Crippen LogP contribution in [0.4, 0.5) is 10.1 Å². The molecule has 1 aromatic heterocycles. The second-order valence-corrected chi connectivity index (χ2v) is 8.98. The van der Waals surface area contributed by atoms with Gasteiger partial charge in [-0.15, -0.1) is 5.10 Å². The molecular weight excluding hydrogens is 437 g/mol. The van der Waals surface area contributed by atoms with Gasteiger partial charge in [-0.05, 0) is 58.5 Å². The Morgan fingerprint density at radius 2 is 2.03 bits per heavy atom. The zero-order chi connectivity index (χ0) is 24.4. The monoisotopic (exact) mass is 467 g/mol. The maximum absolute atomic E-state index is 15.3. The maximum Gasteiger partial charge on any atom is 0.350 e. The predicted octanol–water partition coefficient (Wildman–Crippen LogP) is 3.40. The maximum atomic E-state index is 15.3. The molecule has 0 saturated carbocycles. The van der Waals surface area contributed by atoms with Crippen LogP contribution in [0.1, 0.15) is 41.5 Å². The SMILES string of the molecule is Cc1ccccc1NC(=O)c1cc(F)c(-n2nc3n(c2=O)CCCC3)cc1OC(C)CN(C)C. The Bertz CT molecular complexity index is 1260. The minimum atomic E-state index is -0.722. The van der Waals surface area contributed by atoms with Gasteiger partial charge in [-0.3, -0.25) is 9.36 Å². The zero-order valence-corrected chi connectivity index (χ0v) is 20.0. The van der Waals surface area contributed by atoms with Gasteiger partial charge in [0.2, 0.25) is 0 Å². The third-order valence-electron chi connectivity index (χ3n) is 5.84. The molecule has 0 saturated heterocycles. The fraction of sp³-hybridized carbons (Fsp3) is 0.400. The molecule has 2 heterocycles. The van der Waals surface area contributed by atoms with Crippen molar-refractivity contribution in [2.24, 2.45) is 0 Å². The normalized spacial score (nSPS) is 14.1. The number of rotatable bonds is 7. The quantitative estimate of drug-likeness (QED) is 0.576. The largest absolute Gasteiger partial charge is 0.488 e. The number of amides is 1. The van der Waals surface area contributed by atoms with E-state index in [0.29, 0.717) is 31.0 Å². The number of hydrogen-bond acceptors (Lipinski definition) is 5. The summed E-state index contributed by atoms with van der Waals surface area (Å²) in [5, 5.41) is 7.20. The molecule has 4 rings (SSSR count). The molecular formula is C25H30FN5O3. The van der Waals surface area contributed by atoms with Crippen LogP contribution < -0.4 is 15.7 Å². The number of fused-ring (bicyclic) bond motifs is 1. The highest BCUT2D eigenvalue weighted by Gasteiger charge is 2.24. The average Bonchev–Trinajstić information content (AvgIpc) is 3.12. The fourth-order valence-corrected chi connectivity index (χ4v) is 4.21. The van der Waals surface area contributed by atoms with E-state index in [-0.39, 0.29) is 23.1 Å². The number of aryl methyl sites for hydroxylation is 2. The van der Waals surface area contributed by atoms with Gasteiger partial charge in [-0.2, -0.15) is 4.68 Å². The Hall–Kier alpha value is -3.46. The van der Waals surface area contributed by atoms with Crippen LogP contribution in [0.25, 0.3) is 5.69 Å². The molecule has 0 aliphatic carbocycles. The van der Waals surface area contributed by atoms with Gasteiger partial charge in [0.1, 0.15) is 29.2 Å². The molecule has 3 aromatic rings. The van der Waals surface area contributed by atoms with Gasteiger partial charge in [0.05, 0.1) is 5.56 Å². The lowest BCUT2D eigenvalue weighted by Crippen LogP contribution is -2.29. The molecule has 0 radical (unpaired) electrons. The van der Waals surface area contributed by atoms with Crippen molar-refractivity contribution >= 4 is 11.6 Å². The molecule has 9 heteroatoms. The third kappa shape index (κ3) is 4.89. The number of hydrogen-bond donors (Lipinski definition) is 1. The van der Waals surface area contributed by atoms with E-state index < -0.39 is 17.4 Å². The Morgan fingerprint density at radius 3 is 2.74 bits per heavy atom. The molecule has 1 unspecified atom stereocenters. The Morgan fingerprint density at radius 1 is 1.26 bits per heavy atom. The first kappa shape index (κ1) is 23.7. The predicted molar refractivity (Wildman–Crippen MR) is 128 cm³/mol. The summed E-state index contributed by atoms with van der Waals surface area (Å²) in [6.45, 7) is 4.90. The van der Waals surface area contributed by atoms with Crippen LogP contribution in [-0.4, -0.2) is 51.9 Å². The van der Waals surface area contributed by atoms with Crippen molar-refractivity contribution in [2.45, 2.75) is 45.8 Å². The number of carbonyl (C=O) groups is 1. The number of ether oxygens (including phenoxy) is 1. The molecule has 0 bridgehead atoms. The van der Waals surface area contributed by atoms with E-state index in [1.165, 1.54) is 6.07 Å². The van der Waals surface area contributed by atoms with Gasteiger partial charge in [0.25, 0.3) is 5.91 Å². The van der Waals surface area contributed by atoms with Gasteiger partial charge in [-0.25, -0.2) is 9.18 Å². The van der Waals surface area contributed by atoms with E-state index in [1.54, 1.807) is 10.6 Å².